The number of aliphatic hydroxyl groups excluding tert-OH is 1. The van der Waals surface area contributed by atoms with E-state index < -0.39 is 118 Å². The smallest absolute Gasteiger partial charge is 0.307 e. The fourth-order valence-electron chi connectivity index (χ4n) is 12.5. The molecule has 124 heavy (non-hydrogen) atoms. The molecule has 0 aliphatic carbocycles. The van der Waals surface area contributed by atoms with Crippen LogP contribution in [0.2, 0.25) is 0 Å². The van der Waals surface area contributed by atoms with Crippen LogP contribution in [0.3, 0.4) is 0 Å². The minimum Gasteiger partial charge on any atom is -0.495 e. The first-order chi connectivity index (χ1) is 57.4. The molecular formula is C83H115ClF3N9O22S6. The van der Waals surface area contributed by atoms with Gasteiger partial charge in [-0.1, -0.05) is 110 Å². The van der Waals surface area contributed by atoms with Crippen LogP contribution in [0.5, 0.6) is 17.2 Å². The number of aliphatic carboxylic acids is 1. The molecule has 6 rings (SSSR count). The van der Waals surface area contributed by atoms with Gasteiger partial charge in [-0.2, -0.15) is 15.8 Å². The number of unbranched alkanes of at least 4 members (excludes halogenated alkanes) is 2. The second-order valence-corrected chi connectivity index (χ2v) is 39.9. The van der Waals surface area contributed by atoms with Gasteiger partial charge in [-0.3, -0.25) is 14.4 Å². The number of nitrogens with zero attached hydrogens (tertiary/aromatic N) is 3. The maximum atomic E-state index is 15.1. The Bertz CT molecular complexity index is 5550. The number of carbonyl (C=O) groups excluding carboxylic acids is 2. The molecule has 0 bridgehead atoms. The van der Waals surface area contributed by atoms with E-state index in [0.717, 1.165) is 86.9 Å². The second kappa shape index (κ2) is 51.0. The molecule has 31 nitrogen and oxygen atoms in total. The van der Waals surface area contributed by atoms with Crippen LogP contribution < -0.4 is 43.0 Å². The highest BCUT2D eigenvalue weighted by molar-refractivity contribution is 7.91. The molecule has 6 aromatic rings. The van der Waals surface area contributed by atoms with Crippen molar-refractivity contribution in [3.63, 3.8) is 0 Å². The molecule has 0 aromatic heterocycles. The van der Waals surface area contributed by atoms with Crippen LogP contribution in [0, 0.1) is 51.4 Å². The van der Waals surface area contributed by atoms with Gasteiger partial charge in [0.05, 0.1) is 72.0 Å². The first kappa shape index (κ1) is 111. The zero-order valence-corrected chi connectivity index (χ0v) is 78.3. The molecule has 0 saturated heterocycles. The van der Waals surface area contributed by atoms with Crippen LogP contribution in [0.25, 0.3) is 0 Å². The van der Waals surface area contributed by atoms with Gasteiger partial charge >= 0.3 is 5.97 Å². The monoisotopic (exact) mass is 1870 g/mol. The number of nitrogens with two attached hydrogens (primary N) is 1. The minimum absolute atomic E-state index is 0. The number of hydrogen-bond donors (Lipinski definition) is 8. The lowest BCUT2D eigenvalue weighted by Gasteiger charge is -2.21. The lowest BCUT2D eigenvalue weighted by atomic mass is 9.85. The van der Waals surface area contributed by atoms with E-state index in [4.69, 9.17) is 44.3 Å². The van der Waals surface area contributed by atoms with Gasteiger partial charge < -0.3 is 33.9 Å². The van der Waals surface area contributed by atoms with Gasteiger partial charge in [0, 0.05) is 70.9 Å². The van der Waals surface area contributed by atoms with Crippen LogP contribution in [0.4, 0.5) is 13.2 Å². The zero-order chi connectivity index (χ0) is 93.5. The summed E-state index contributed by atoms with van der Waals surface area (Å²) in [4.78, 5) is 35.2. The Morgan fingerprint density at radius 3 is 0.944 bits per heavy atom. The maximum absolute atomic E-state index is 15.1. The number of benzene rings is 6. The lowest BCUT2D eigenvalue weighted by Crippen LogP contribution is -2.33. The fraction of sp³-hybridized carbons (Fsp3) is 0.494. The van der Waals surface area contributed by atoms with Crippen molar-refractivity contribution in [2.45, 2.75) is 226 Å². The molecule has 688 valence electrons. The topological polar surface area (TPSA) is 500 Å². The number of rotatable bonds is 43. The average molecular weight is 1880 g/mol. The van der Waals surface area contributed by atoms with Gasteiger partial charge in [0.25, 0.3) is 20.0 Å². The first-order valence-corrected chi connectivity index (χ1v) is 48.3. The van der Waals surface area contributed by atoms with Crippen molar-refractivity contribution in [2.75, 3.05) is 74.0 Å². The highest BCUT2D eigenvalue weighted by Crippen LogP contribution is 2.38. The Morgan fingerprint density at radius 2 is 0.694 bits per heavy atom. The van der Waals surface area contributed by atoms with Crippen molar-refractivity contribution < 1.29 is 112 Å². The molecule has 9 N–H and O–H groups in total. The highest BCUT2D eigenvalue weighted by atomic mass is 35.5. The van der Waals surface area contributed by atoms with Gasteiger partial charge in [0.2, 0.25) is 51.9 Å². The SMILES string of the molecule is CC(C)c1cc(C#N)c(F)c(C(C)C)c1CC(=O)O.CCCCOCCCNS(=O)(=O)c1ccc(S(=O)(=O)NC(=O)Cc2c(C(C)C)cc(C#N)c(F)c2C(C)C)c(OC)c1.CCCCOCCCNS(=O)(=O)c1ccc(S(N)(=O)=O)c(OC)c1.COc1cc(S(=O)(=O)NCCCO)ccc1S(=O)(=O)NC(=O)Cc1c(C(C)C)cc(C#N)c(F)c1C(C)C.Cl. The van der Waals surface area contributed by atoms with E-state index in [2.05, 4.69) is 21.1 Å². The number of halogens is 4. The van der Waals surface area contributed by atoms with E-state index in [1.165, 1.54) is 38.5 Å². The number of carbonyl (C=O) groups is 3. The minimum atomic E-state index is -4.51. The number of carboxylic acids is 1. The average Bonchev–Trinajstić information content (AvgIpc) is 0.791. The number of ether oxygens (including phenoxy) is 5. The number of aliphatic hydroxyl groups is 1. The van der Waals surface area contributed by atoms with E-state index >= 15 is 8.78 Å². The largest absolute Gasteiger partial charge is 0.495 e. The van der Waals surface area contributed by atoms with Crippen LogP contribution in [-0.2, 0) is 103 Å². The van der Waals surface area contributed by atoms with Gasteiger partial charge in [0.15, 0.2) is 0 Å². The molecule has 41 heteroatoms. The van der Waals surface area contributed by atoms with Gasteiger partial charge in [0.1, 0.15) is 67.6 Å². The molecule has 0 fully saturated rings. The standard InChI is InChI=1S/C29H40FN3O7S2.C25H32FN3O7S2.C15H18FNO2.C14H24N2O6S2.ClH/c1-7-8-13-40-14-9-12-32-41(35,36)22-10-11-26(25(16-22)39-6)42(37,38)33-27(34)17-24-23(19(2)3)15-21(18-31)29(30)28(24)20(4)5;1-15(2)19-11-17(14-27)25(26)24(16(3)4)20(19)13-23(31)29-38(34,35)22-8-7-18(12-21(22)36-5)37(32,33)28-9-6-10-30;1-8(2)11-5-10(7-17)15(16)14(9(3)4)12(11)6-13(18)19;1-3-4-9-22-10-5-8-16-24(19,20)12-6-7-14(23(15,17)18)13(11-12)21-2;/h10-11,15-16,19-20,32H,7-9,12-14,17H2,1-6H3,(H,33,34);7-8,11-12,15-16,28,30H,6,9-10,13H2,1-5H3,(H,29,31);5,8-9H,6H2,1-4H3,(H,18,19);6-7,11,16H,3-5,8-10H2,1-2H3,(H2,15,17,18);1H. The van der Waals surface area contributed by atoms with E-state index in [1.807, 2.05) is 76.1 Å². The predicted molar refractivity (Wildman–Crippen MR) is 463 cm³/mol. The third kappa shape index (κ3) is 32.2. The van der Waals surface area contributed by atoms with Gasteiger partial charge in [-0.15, -0.1) is 12.4 Å². The summed E-state index contributed by atoms with van der Waals surface area (Å²) >= 11 is 0. The number of sulfonamides is 6. The normalized spacial score (nSPS) is 11.8. The van der Waals surface area contributed by atoms with Crippen LogP contribution in [-0.4, -0.2) is 153 Å². The summed E-state index contributed by atoms with van der Waals surface area (Å²) < 4.78 is 232. The number of methoxy groups -OCH3 is 3. The maximum Gasteiger partial charge on any atom is 0.307 e. The summed E-state index contributed by atoms with van der Waals surface area (Å²) in [5.74, 6) is -6.90. The molecule has 0 heterocycles. The molecule has 0 unspecified atom stereocenters. The zero-order valence-electron chi connectivity index (χ0n) is 72.6. The molecule has 0 spiro atoms. The van der Waals surface area contributed by atoms with E-state index in [1.54, 1.807) is 41.5 Å². The van der Waals surface area contributed by atoms with Crippen LogP contribution >= 0.6 is 12.4 Å². The van der Waals surface area contributed by atoms with E-state index in [9.17, 15) is 79.8 Å². The summed E-state index contributed by atoms with van der Waals surface area (Å²) in [6.07, 6.45) is 3.99. The number of carboxylic acid groups (broad SMARTS) is 1. The van der Waals surface area contributed by atoms with Crippen molar-refractivity contribution in [2.24, 2.45) is 5.14 Å². The molecular weight excluding hydrogens is 1760 g/mol. The molecule has 0 radical (unpaired) electrons. The van der Waals surface area contributed by atoms with Crippen molar-refractivity contribution in [3.05, 3.63) is 157 Å². The summed E-state index contributed by atoms with van der Waals surface area (Å²) in [6, 6.07) is 19.4. The molecule has 0 atom stereocenters. The first-order valence-electron chi connectivity index (χ1n) is 39.3. The molecule has 0 aliphatic rings. The Labute approximate surface area is 734 Å². The fourth-order valence-corrected chi connectivity index (χ4v) is 18.7. The summed E-state index contributed by atoms with van der Waals surface area (Å²) in [7, 11) is -21.2. The van der Waals surface area contributed by atoms with E-state index in [-0.39, 0.29) is 152 Å². The van der Waals surface area contributed by atoms with Crippen molar-refractivity contribution in [1.82, 2.24) is 23.6 Å². The summed E-state index contributed by atoms with van der Waals surface area (Å²) in [6.45, 7) is 27.9. The number of nitrogens with one attached hydrogen (secondary N) is 5. The van der Waals surface area contributed by atoms with Gasteiger partial charge in [-0.05, 0) is 172 Å². The van der Waals surface area contributed by atoms with Crippen molar-refractivity contribution in [3.8, 4) is 35.5 Å². The van der Waals surface area contributed by atoms with Crippen molar-refractivity contribution >= 4 is 90.3 Å². The number of amides is 2. The molecule has 2 amide bonds. The molecule has 6 aromatic carbocycles. The molecule has 0 saturated carbocycles. The number of primary sulfonamides is 1. The third-order valence-corrected chi connectivity index (χ3v) is 26.6. The Morgan fingerprint density at radius 1 is 0.419 bits per heavy atom. The lowest BCUT2D eigenvalue weighted by molar-refractivity contribution is -0.136. The predicted octanol–water partition coefficient (Wildman–Crippen LogP) is 12.0. The van der Waals surface area contributed by atoms with Crippen LogP contribution in [0.15, 0.2) is 102 Å². The Kier molecular flexibility index (Phi) is 45.8. The molecule has 0 aliphatic heterocycles. The van der Waals surface area contributed by atoms with E-state index in [0.29, 0.717) is 72.6 Å². The van der Waals surface area contributed by atoms with Crippen molar-refractivity contribution in [1.29, 1.82) is 15.8 Å². The third-order valence-electron chi connectivity index (χ3n) is 18.4. The quantitative estimate of drug-likeness (QED) is 0.0165. The Hall–Kier alpha value is -8.90. The van der Waals surface area contributed by atoms with Crippen LogP contribution in [0.1, 0.15) is 244 Å². The second-order valence-electron chi connectivity index (χ2n) is 29.8. The summed E-state index contributed by atoms with van der Waals surface area (Å²) in [5, 5.41) is 50.6. The Balaban J connectivity index is 0.000000583. The van der Waals surface area contributed by atoms with Gasteiger partial charge in [-0.25, -0.2) is 92.4 Å². The number of nitriles is 3. The highest BCUT2D eigenvalue weighted by Gasteiger charge is 2.33. The number of hydrogen-bond acceptors (Lipinski definition) is 24. The summed E-state index contributed by atoms with van der Waals surface area (Å²) in [5.41, 5.74) is 3.38.